The van der Waals surface area contributed by atoms with Crippen molar-refractivity contribution in [2.75, 3.05) is 19.6 Å². The maximum atomic E-state index is 13.3. The van der Waals surface area contributed by atoms with E-state index in [0.29, 0.717) is 12.8 Å². The largest absolute Gasteiger partial charge is 0.391 e. The number of benzene rings is 1. The molecule has 4 heterocycles. The highest BCUT2D eigenvalue weighted by Gasteiger charge is 2.42. The molecule has 0 bridgehead atoms. The van der Waals surface area contributed by atoms with Crippen LogP contribution in [-0.2, 0) is 32.0 Å². The highest BCUT2D eigenvalue weighted by atomic mass is 16.3. The summed E-state index contributed by atoms with van der Waals surface area (Å²) in [6.07, 6.45) is 1.53. The number of fused-ring (bicyclic) bond motifs is 2. The van der Waals surface area contributed by atoms with E-state index in [4.69, 9.17) is 0 Å². The Morgan fingerprint density at radius 3 is 2.46 bits per heavy atom. The minimum absolute atomic E-state index is 0.0270. The van der Waals surface area contributed by atoms with Crippen molar-refractivity contribution in [3.8, 4) is 0 Å². The van der Waals surface area contributed by atoms with Crippen molar-refractivity contribution in [2.45, 2.75) is 57.0 Å². The van der Waals surface area contributed by atoms with Crippen molar-refractivity contribution < 1.29 is 15.0 Å². The molecule has 1 saturated heterocycles. The van der Waals surface area contributed by atoms with Gasteiger partial charge in [0.1, 0.15) is 0 Å². The Balaban J connectivity index is 1.35. The quantitative estimate of drug-likeness (QED) is 0.499. The lowest BCUT2D eigenvalue weighted by Crippen LogP contribution is -2.44. The molecule has 1 aromatic carbocycles. The first-order chi connectivity index (χ1) is 17.6. The van der Waals surface area contributed by atoms with Gasteiger partial charge in [0.25, 0.3) is 5.56 Å². The van der Waals surface area contributed by atoms with E-state index in [2.05, 4.69) is 22.0 Å². The molecule has 0 unspecified atom stereocenters. The molecule has 11 nitrogen and oxygen atoms in total. The summed E-state index contributed by atoms with van der Waals surface area (Å²) in [5.74, 6) is -0.108. The highest BCUT2D eigenvalue weighted by molar-refractivity contribution is 5.76. The Kier molecular flexibility index (Phi) is 6.55. The number of likely N-dealkylation sites (tertiary alicyclic amines) is 1. The van der Waals surface area contributed by atoms with Crippen LogP contribution in [0.2, 0.25) is 0 Å². The predicted octanol–water partition coefficient (Wildman–Crippen LogP) is 0.115. The molecule has 2 N–H and O–H groups in total. The molecule has 11 heteroatoms. The number of carbonyl (C=O) groups is 1. The maximum Gasteiger partial charge on any atom is 0.332 e. The average Bonchev–Trinajstić information content (AvgIpc) is 3.44. The van der Waals surface area contributed by atoms with Crippen molar-refractivity contribution in [1.29, 1.82) is 0 Å². The third-order valence-corrected chi connectivity index (χ3v) is 7.82. The molecule has 2 aromatic heterocycles. The Bertz CT molecular complexity index is 1430. The van der Waals surface area contributed by atoms with E-state index >= 15 is 0 Å². The molecule has 3 aromatic rings. The van der Waals surface area contributed by atoms with Crippen LogP contribution in [0.25, 0.3) is 11.2 Å². The van der Waals surface area contributed by atoms with Gasteiger partial charge in [-0.15, -0.1) is 0 Å². The molecule has 0 saturated carbocycles. The number of hydrogen-bond donors (Lipinski definition) is 2. The van der Waals surface area contributed by atoms with Crippen molar-refractivity contribution in [2.24, 2.45) is 14.1 Å². The number of aliphatic hydroxyl groups excluding tert-OH is 1. The second kappa shape index (κ2) is 9.55. The summed E-state index contributed by atoms with van der Waals surface area (Å²) in [6.45, 7) is 4.34. The highest BCUT2D eigenvalue weighted by Crippen LogP contribution is 2.33. The van der Waals surface area contributed by atoms with Crippen LogP contribution in [-0.4, -0.2) is 75.9 Å². The van der Waals surface area contributed by atoms with Crippen molar-refractivity contribution >= 4 is 17.1 Å². The summed E-state index contributed by atoms with van der Waals surface area (Å²) in [5.41, 5.74) is 0.578. The number of rotatable bonds is 5. The van der Waals surface area contributed by atoms with Crippen LogP contribution in [0.1, 0.15) is 43.4 Å². The fourth-order valence-electron chi connectivity index (χ4n) is 5.78. The number of carbonyl (C=O) groups excluding carboxylic acids is 1. The summed E-state index contributed by atoms with van der Waals surface area (Å²) >= 11 is 0. The van der Waals surface area contributed by atoms with E-state index in [1.165, 1.54) is 36.1 Å². The molecule has 5 rings (SSSR count). The molecule has 1 fully saturated rings. The number of aromatic nitrogens is 4. The maximum absolute atomic E-state index is 13.3. The van der Waals surface area contributed by atoms with Crippen molar-refractivity contribution in [3.05, 3.63) is 62.6 Å². The molecule has 2 aliphatic heterocycles. The van der Waals surface area contributed by atoms with Crippen molar-refractivity contribution in [3.63, 3.8) is 0 Å². The number of hydrogen-bond acceptors (Lipinski definition) is 7. The fraction of sp³-hybridized carbons (Fsp3) is 0.538. The van der Waals surface area contributed by atoms with Gasteiger partial charge in [0, 0.05) is 53.1 Å². The molecule has 1 amide bonds. The van der Waals surface area contributed by atoms with Gasteiger partial charge < -0.3 is 19.7 Å². The number of β-amino-alcohol motifs (C(OH)–C–C–N with tert-alkyl or cyclic N) is 1. The number of imidazole rings is 1. The van der Waals surface area contributed by atoms with Crippen LogP contribution in [0.4, 0.5) is 0 Å². The molecule has 0 spiro atoms. The van der Waals surface area contributed by atoms with Crippen LogP contribution in [0.5, 0.6) is 0 Å². The molecule has 37 heavy (non-hydrogen) atoms. The SMILES string of the molecule is Cn1c(=O)c2c(ncn2[C@@H]2CN(C(=O)CCCN3Cc4ccccc4C3)C[C@@H](O)C[C@@]2(C)O)n(C)c1=O. The molecule has 0 radical (unpaired) electrons. The topological polar surface area (TPSA) is 126 Å². The predicted molar refractivity (Wildman–Crippen MR) is 137 cm³/mol. The summed E-state index contributed by atoms with van der Waals surface area (Å²) in [5, 5.41) is 22.0. The summed E-state index contributed by atoms with van der Waals surface area (Å²) in [4.78, 5) is 46.8. The van der Waals surface area contributed by atoms with Gasteiger partial charge in [0.05, 0.1) is 24.1 Å². The van der Waals surface area contributed by atoms with E-state index in [0.717, 1.165) is 24.2 Å². The van der Waals surface area contributed by atoms with Gasteiger partial charge in [-0.25, -0.2) is 9.78 Å². The zero-order chi connectivity index (χ0) is 26.5. The summed E-state index contributed by atoms with van der Waals surface area (Å²) < 4.78 is 3.84. The standard InChI is InChI=1S/C26H34N6O5/c1-26(37)11-19(33)14-31(21(34)9-6-10-30-12-17-7-4-5-8-18(17)13-30)15-20(26)32-16-27-23-22(32)24(35)29(3)25(36)28(23)2/h4-5,7-8,16,19-20,33,37H,6,9-15H2,1-3H3/t19-,20+,26+/m0/s1. The van der Waals surface area contributed by atoms with Gasteiger partial charge in [-0.1, -0.05) is 24.3 Å². The molecule has 0 aliphatic carbocycles. The zero-order valence-corrected chi connectivity index (χ0v) is 21.5. The zero-order valence-electron chi connectivity index (χ0n) is 21.5. The first-order valence-electron chi connectivity index (χ1n) is 12.7. The number of nitrogens with zero attached hydrogens (tertiary/aromatic N) is 6. The second-order valence-electron chi connectivity index (χ2n) is 10.6. The lowest BCUT2D eigenvalue weighted by molar-refractivity contribution is -0.133. The summed E-state index contributed by atoms with van der Waals surface area (Å²) in [7, 11) is 2.93. The molecule has 3 atom stereocenters. The smallest absolute Gasteiger partial charge is 0.332 e. The molecule has 198 valence electrons. The lowest BCUT2D eigenvalue weighted by atomic mass is 9.91. The van der Waals surface area contributed by atoms with Gasteiger partial charge in [0.2, 0.25) is 5.91 Å². The Labute approximate surface area is 214 Å². The number of aryl methyl sites for hydroxylation is 1. The van der Waals surface area contributed by atoms with Gasteiger partial charge in [0.15, 0.2) is 11.2 Å². The van der Waals surface area contributed by atoms with E-state index < -0.39 is 29.0 Å². The van der Waals surface area contributed by atoms with Crippen LogP contribution in [0, 0.1) is 0 Å². The van der Waals surface area contributed by atoms with E-state index in [1.807, 2.05) is 12.1 Å². The molecule has 2 aliphatic rings. The van der Waals surface area contributed by atoms with E-state index in [1.54, 1.807) is 16.4 Å². The number of amides is 1. The minimum atomic E-state index is -1.43. The third-order valence-electron chi connectivity index (χ3n) is 7.82. The Morgan fingerprint density at radius 2 is 1.78 bits per heavy atom. The Morgan fingerprint density at radius 1 is 1.11 bits per heavy atom. The van der Waals surface area contributed by atoms with Crippen LogP contribution in [0.3, 0.4) is 0 Å². The van der Waals surface area contributed by atoms with Crippen LogP contribution >= 0.6 is 0 Å². The first-order valence-corrected chi connectivity index (χ1v) is 12.7. The third kappa shape index (κ3) is 4.62. The van der Waals surface area contributed by atoms with Gasteiger partial charge in [-0.3, -0.25) is 23.6 Å². The first kappa shape index (κ1) is 25.4. The molecular weight excluding hydrogens is 476 g/mol. The fourth-order valence-corrected chi connectivity index (χ4v) is 5.78. The number of aliphatic hydroxyl groups is 2. The van der Waals surface area contributed by atoms with Gasteiger partial charge in [-0.2, -0.15) is 0 Å². The molecular formula is C26H34N6O5. The Hall–Kier alpha value is -3.28. The van der Waals surface area contributed by atoms with E-state index in [-0.39, 0.29) is 36.6 Å². The monoisotopic (exact) mass is 510 g/mol. The van der Waals surface area contributed by atoms with Crippen LogP contribution in [0.15, 0.2) is 40.2 Å². The van der Waals surface area contributed by atoms with Gasteiger partial charge >= 0.3 is 5.69 Å². The lowest BCUT2D eigenvalue weighted by Gasteiger charge is -2.34. The second-order valence-corrected chi connectivity index (χ2v) is 10.6. The van der Waals surface area contributed by atoms with Crippen molar-refractivity contribution in [1.82, 2.24) is 28.5 Å². The van der Waals surface area contributed by atoms with Gasteiger partial charge in [-0.05, 0) is 31.0 Å². The average molecular weight is 511 g/mol. The van der Waals surface area contributed by atoms with E-state index in [9.17, 15) is 24.6 Å². The van der Waals surface area contributed by atoms with Crippen LogP contribution < -0.4 is 11.2 Å². The summed E-state index contributed by atoms with van der Waals surface area (Å²) in [6, 6.07) is 7.62. The minimum Gasteiger partial charge on any atom is -0.391 e. The normalized spacial score (nSPS) is 24.4.